The fourth-order valence-electron chi connectivity index (χ4n) is 3.95. The van der Waals surface area contributed by atoms with Gasteiger partial charge in [-0.15, -0.1) is 0 Å². The molecule has 26 heavy (non-hydrogen) atoms. The van der Waals surface area contributed by atoms with Crippen molar-refractivity contribution in [2.24, 2.45) is 5.92 Å². The maximum Gasteiger partial charge on any atom is 0.254 e. The molecule has 0 saturated heterocycles. The van der Waals surface area contributed by atoms with Gasteiger partial charge in [0.2, 0.25) is 5.91 Å². The van der Waals surface area contributed by atoms with Crippen molar-refractivity contribution in [2.45, 2.75) is 58.4 Å². The molecule has 1 atom stereocenters. The summed E-state index contributed by atoms with van der Waals surface area (Å²) < 4.78 is 0. The first-order valence-corrected chi connectivity index (χ1v) is 9.45. The summed E-state index contributed by atoms with van der Waals surface area (Å²) in [6.07, 6.45) is 6.02. The van der Waals surface area contributed by atoms with Gasteiger partial charge in [0.15, 0.2) is 0 Å². The number of carbonyl (C=O) groups excluding carboxylic acids is 1. The van der Waals surface area contributed by atoms with E-state index in [4.69, 9.17) is 0 Å². The van der Waals surface area contributed by atoms with Crippen molar-refractivity contribution >= 4 is 5.91 Å². The van der Waals surface area contributed by atoms with Gasteiger partial charge in [0.05, 0.1) is 12.5 Å². The van der Waals surface area contributed by atoms with Crippen molar-refractivity contribution in [1.82, 2.24) is 15.3 Å². The van der Waals surface area contributed by atoms with Gasteiger partial charge in [-0.05, 0) is 38.2 Å². The Kier molecular flexibility index (Phi) is 5.86. The standard InChI is InChI=1S/C21H27N3O2/c1-14-18(21(26)23-15(2)22-14)13-19(25)24-20(16-9-5-3-6-10-16)17-11-7-4-8-12-17/h3,5-6,9-10,17,20H,4,7-8,11-13H2,1-2H3,(H,24,25)(H,22,23,26)/t20-/m1/s1. The van der Waals surface area contributed by atoms with E-state index in [2.05, 4.69) is 27.4 Å². The van der Waals surface area contributed by atoms with E-state index in [0.717, 1.165) is 18.4 Å². The number of aryl methyl sites for hydroxylation is 2. The number of aromatic amines is 1. The SMILES string of the molecule is Cc1nc(C)c(CC(=O)N[C@H](c2ccccc2)C2CCCCC2)c(=O)[nH]1. The first-order chi connectivity index (χ1) is 12.5. The smallest absolute Gasteiger partial charge is 0.254 e. The summed E-state index contributed by atoms with van der Waals surface area (Å²) in [5, 5.41) is 3.20. The van der Waals surface area contributed by atoms with Gasteiger partial charge in [-0.25, -0.2) is 4.98 Å². The third kappa shape index (κ3) is 4.40. The molecule has 0 bridgehead atoms. The molecule has 1 aliphatic carbocycles. The van der Waals surface area contributed by atoms with Crippen molar-refractivity contribution in [1.29, 1.82) is 0 Å². The van der Waals surface area contributed by atoms with Crippen LogP contribution >= 0.6 is 0 Å². The summed E-state index contributed by atoms with van der Waals surface area (Å²) in [5.41, 5.74) is 1.98. The lowest BCUT2D eigenvalue weighted by atomic mass is 9.81. The van der Waals surface area contributed by atoms with Gasteiger partial charge in [-0.3, -0.25) is 9.59 Å². The quantitative estimate of drug-likeness (QED) is 0.865. The number of H-pyrrole nitrogens is 1. The van der Waals surface area contributed by atoms with Crippen LogP contribution in [0.3, 0.4) is 0 Å². The minimum atomic E-state index is -0.223. The molecular formula is C21H27N3O2. The minimum Gasteiger partial charge on any atom is -0.349 e. The largest absolute Gasteiger partial charge is 0.349 e. The number of benzene rings is 1. The average molecular weight is 353 g/mol. The third-order valence-corrected chi connectivity index (χ3v) is 5.27. The van der Waals surface area contributed by atoms with Crippen LogP contribution in [0, 0.1) is 19.8 Å². The van der Waals surface area contributed by atoms with Crippen molar-refractivity contribution in [3.8, 4) is 0 Å². The molecule has 2 aromatic rings. The normalized spacial score (nSPS) is 16.2. The van der Waals surface area contributed by atoms with Gasteiger partial charge in [0.1, 0.15) is 5.82 Å². The van der Waals surface area contributed by atoms with Crippen LogP contribution in [0.2, 0.25) is 0 Å². The third-order valence-electron chi connectivity index (χ3n) is 5.27. The summed E-state index contributed by atoms with van der Waals surface area (Å²) in [5.74, 6) is 0.898. The second kappa shape index (κ2) is 8.30. The highest BCUT2D eigenvalue weighted by molar-refractivity contribution is 5.79. The molecule has 1 amide bonds. The van der Waals surface area contributed by atoms with Gasteiger partial charge in [-0.1, -0.05) is 49.6 Å². The number of nitrogens with one attached hydrogen (secondary N) is 2. The van der Waals surface area contributed by atoms with Crippen LogP contribution in [0.1, 0.15) is 60.8 Å². The summed E-state index contributed by atoms with van der Waals surface area (Å²) in [6.45, 7) is 3.52. The predicted octanol–water partition coefficient (Wildman–Crippen LogP) is 3.37. The fraction of sp³-hybridized carbons (Fsp3) is 0.476. The van der Waals surface area contributed by atoms with Gasteiger partial charge < -0.3 is 10.3 Å². The Morgan fingerprint density at radius 1 is 1.19 bits per heavy atom. The molecule has 2 N–H and O–H groups in total. The van der Waals surface area contributed by atoms with Crippen molar-refractivity contribution in [3.05, 3.63) is 63.3 Å². The Morgan fingerprint density at radius 2 is 1.88 bits per heavy atom. The van der Waals surface area contributed by atoms with Crippen LogP contribution in [0.25, 0.3) is 0 Å². The van der Waals surface area contributed by atoms with Gasteiger partial charge in [0.25, 0.3) is 5.56 Å². The molecule has 5 nitrogen and oxygen atoms in total. The van der Waals surface area contributed by atoms with Crippen LogP contribution in [-0.2, 0) is 11.2 Å². The van der Waals surface area contributed by atoms with Crippen molar-refractivity contribution in [3.63, 3.8) is 0 Å². The maximum atomic E-state index is 12.7. The number of hydrogen-bond acceptors (Lipinski definition) is 3. The van der Waals surface area contributed by atoms with E-state index in [1.807, 2.05) is 18.2 Å². The number of hydrogen-bond donors (Lipinski definition) is 2. The average Bonchev–Trinajstić information content (AvgIpc) is 2.64. The van der Waals surface area contributed by atoms with E-state index in [0.29, 0.717) is 23.0 Å². The van der Waals surface area contributed by atoms with Crippen LogP contribution in [-0.4, -0.2) is 15.9 Å². The minimum absolute atomic E-state index is 0.00166. The van der Waals surface area contributed by atoms with Crippen LogP contribution in [0.5, 0.6) is 0 Å². The molecule has 5 heteroatoms. The van der Waals surface area contributed by atoms with Gasteiger partial charge in [0, 0.05) is 11.3 Å². The second-order valence-corrected chi connectivity index (χ2v) is 7.25. The van der Waals surface area contributed by atoms with E-state index >= 15 is 0 Å². The molecule has 1 saturated carbocycles. The Morgan fingerprint density at radius 3 is 2.54 bits per heavy atom. The molecular weight excluding hydrogens is 326 g/mol. The van der Waals surface area contributed by atoms with Crippen LogP contribution in [0.4, 0.5) is 0 Å². The zero-order valence-electron chi connectivity index (χ0n) is 15.5. The number of carbonyl (C=O) groups is 1. The molecule has 0 aliphatic heterocycles. The zero-order valence-corrected chi connectivity index (χ0v) is 15.5. The Labute approximate surface area is 154 Å². The monoisotopic (exact) mass is 353 g/mol. The molecule has 1 heterocycles. The molecule has 0 radical (unpaired) electrons. The first-order valence-electron chi connectivity index (χ1n) is 9.45. The molecule has 1 aromatic heterocycles. The number of amides is 1. The molecule has 1 aliphatic rings. The van der Waals surface area contributed by atoms with Crippen molar-refractivity contribution in [2.75, 3.05) is 0 Å². The van der Waals surface area contributed by atoms with Crippen LogP contribution in [0.15, 0.2) is 35.1 Å². The zero-order chi connectivity index (χ0) is 18.5. The lowest BCUT2D eigenvalue weighted by Crippen LogP contribution is -2.36. The second-order valence-electron chi connectivity index (χ2n) is 7.25. The summed E-state index contributed by atoms with van der Waals surface area (Å²) in [4.78, 5) is 31.9. The van der Waals surface area contributed by atoms with E-state index < -0.39 is 0 Å². The summed E-state index contributed by atoms with van der Waals surface area (Å²) >= 11 is 0. The maximum absolute atomic E-state index is 12.7. The van der Waals surface area contributed by atoms with E-state index in [-0.39, 0.29) is 23.9 Å². The van der Waals surface area contributed by atoms with E-state index in [1.54, 1.807) is 13.8 Å². The van der Waals surface area contributed by atoms with E-state index in [1.165, 1.54) is 19.3 Å². The molecule has 0 spiro atoms. The molecule has 0 unspecified atom stereocenters. The molecule has 1 fully saturated rings. The molecule has 1 aromatic carbocycles. The highest BCUT2D eigenvalue weighted by Gasteiger charge is 2.27. The first kappa shape index (κ1) is 18.4. The number of nitrogens with zero attached hydrogens (tertiary/aromatic N) is 1. The summed E-state index contributed by atoms with van der Waals surface area (Å²) in [6, 6.07) is 10.2. The lowest BCUT2D eigenvalue weighted by molar-refractivity contribution is -0.121. The highest BCUT2D eigenvalue weighted by Crippen LogP contribution is 2.34. The Hall–Kier alpha value is -2.43. The number of aromatic nitrogens is 2. The molecule has 3 rings (SSSR count). The van der Waals surface area contributed by atoms with Gasteiger partial charge >= 0.3 is 0 Å². The van der Waals surface area contributed by atoms with Crippen LogP contribution < -0.4 is 10.9 Å². The lowest BCUT2D eigenvalue weighted by Gasteiger charge is -2.31. The number of rotatable bonds is 5. The summed E-state index contributed by atoms with van der Waals surface area (Å²) in [7, 11) is 0. The topological polar surface area (TPSA) is 74.8 Å². The highest BCUT2D eigenvalue weighted by atomic mass is 16.2. The predicted molar refractivity (Wildman–Crippen MR) is 102 cm³/mol. The van der Waals surface area contributed by atoms with Crippen molar-refractivity contribution < 1.29 is 4.79 Å². The molecule has 138 valence electrons. The van der Waals surface area contributed by atoms with Gasteiger partial charge in [-0.2, -0.15) is 0 Å². The Balaban J connectivity index is 1.78. The van der Waals surface area contributed by atoms with E-state index in [9.17, 15) is 9.59 Å². The fourth-order valence-corrected chi connectivity index (χ4v) is 3.95. The Bertz CT molecular complexity index is 808.